The Bertz CT molecular complexity index is 430. The van der Waals surface area contributed by atoms with Gasteiger partial charge in [-0.05, 0) is 28.3 Å². The summed E-state index contributed by atoms with van der Waals surface area (Å²) in [5.74, 6) is 0.150. The minimum Gasteiger partial charge on any atom is -0.342 e. The third-order valence-corrected chi connectivity index (χ3v) is 4.13. The van der Waals surface area contributed by atoms with Gasteiger partial charge in [-0.15, -0.1) is 0 Å². The molecule has 0 aliphatic carbocycles. The van der Waals surface area contributed by atoms with E-state index in [2.05, 4.69) is 5.32 Å². The second-order valence-corrected chi connectivity index (χ2v) is 5.54. The molecule has 98 valence electrons. The van der Waals surface area contributed by atoms with Crippen molar-refractivity contribution >= 4 is 23.2 Å². The van der Waals surface area contributed by atoms with Gasteiger partial charge in [0.1, 0.15) is 6.04 Å². The van der Waals surface area contributed by atoms with Crippen molar-refractivity contribution in [3.05, 3.63) is 22.4 Å². The average Bonchev–Trinajstić information content (AvgIpc) is 2.85. The molecule has 2 heterocycles. The van der Waals surface area contributed by atoms with Gasteiger partial charge in [-0.25, -0.2) is 0 Å². The van der Waals surface area contributed by atoms with Gasteiger partial charge >= 0.3 is 0 Å². The van der Waals surface area contributed by atoms with Gasteiger partial charge in [0.15, 0.2) is 0 Å². The first-order valence-corrected chi connectivity index (χ1v) is 7.15. The van der Waals surface area contributed by atoms with Crippen LogP contribution in [0.25, 0.3) is 0 Å². The minimum atomic E-state index is -0.366. The molecule has 0 spiro atoms. The lowest BCUT2D eigenvalue weighted by molar-refractivity contribution is -0.146. The van der Waals surface area contributed by atoms with E-state index in [9.17, 15) is 9.59 Å². The zero-order valence-electron chi connectivity index (χ0n) is 10.7. The number of piperazine rings is 1. The lowest BCUT2D eigenvalue weighted by Gasteiger charge is -2.35. The largest absolute Gasteiger partial charge is 0.342 e. The van der Waals surface area contributed by atoms with Gasteiger partial charge in [0, 0.05) is 6.54 Å². The maximum atomic E-state index is 12.3. The number of carbonyl (C=O) groups is 2. The van der Waals surface area contributed by atoms with Crippen molar-refractivity contribution in [3.8, 4) is 0 Å². The van der Waals surface area contributed by atoms with Gasteiger partial charge in [-0.1, -0.05) is 20.3 Å². The Morgan fingerprint density at radius 3 is 2.94 bits per heavy atom. The van der Waals surface area contributed by atoms with Crippen LogP contribution in [-0.4, -0.2) is 29.3 Å². The van der Waals surface area contributed by atoms with E-state index in [-0.39, 0.29) is 30.3 Å². The Hall–Kier alpha value is -1.36. The SMILES string of the molecule is CCC(C)C1NC(=O)CN(Cc2ccsc2)C1=O. The topological polar surface area (TPSA) is 49.4 Å². The van der Waals surface area contributed by atoms with Gasteiger partial charge in [0.05, 0.1) is 6.54 Å². The summed E-state index contributed by atoms with van der Waals surface area (Å²) in [6.45, 7) is 4.73. The second-order valence-electron chi connectivity index (χ2n) is 4.76. The summed E-state index contributed by atoms with van der Waals surface area (Å²) in [7, 11) is 0. The third kappa shape index (κ3) is 2.72. The van der Waals surface area contributed by atoms with E-state index < -0.39 is 0 Å². The number of hydrogen-bond acceptors (Lipinski definition) is 3. The standard InChI is InChI=1S/C13H18N2O2S/c1-3-9(2)12-13(17)15(7-11(16)14-12)6-10-4-5-18-8-10/h4-5,8-9,12H,3,6-7H2,1-2H3,(H,14,16). The van der Waals surface area contributed by atoms with Crippen LogP contribution in [0.1, 0.15) is 25.8 Å². The van der Waals surface area contributed by atoms with Crippen molar-refractivity contribution in [1.29, 1.82) is 0 Å². The monoisotopic (exact) mass is 266 g/mol. The Labute approximate surface area is 111 Å². The molecule has 2 atom stereocenters. The van der Waals surface area contributed by atoms with Crippen LogP contribution in [0.4, 0.5) is 0 Å². The van der Waals surface area contributed by atoms with E-state index in [0.29, 0.717) is 6.54 Å². The smallest absolute Gasteiger partial charge is 0.246 e. The fourth-order valence-corrected chi connectivity index (χ4v) is 2.75. The van der Waals surface area contributed by atoms with E-state index in [4.69, 9.17) is 0 Å². The van der Waals surface area contributed by atoms with Gasteiger partial charge in [-0.2, -0.15) is 11.3 Å². The highest BCUT2D eigenvalue weighted by Gasteiger charge is 2.35. The zero-order chi connectivity index (χ0) is 13.1. The van der Waals surface area contributed by atoms with Gasteiger partial charge in [0.25, 0.3) is 0 Å². The molecule has 1 aliphatic heterocycles. The number of nitrogens with zero attached hydrogens (tertiary/aromatic N) is 1. The minimum absolute atomic E-state index is 0.0372. The van der Waals surface area contributed by atoms with E-state index in [1.807, 2.05) is 30.7 Å². The molecule has 0 aromatic carbocycles. The van der Waals surface area contributed by atoms with Crippen LogP contribution in [-0.2, 0) is 16.1 Å². The van der Waals surface area contributed by atoms with E-state index in [1.165, 1.54) is 0 Å². The molecule has 18 heavy (non-hydrogen) atoms. The molecule has 1 fully saturated rings. The average molecular weight is 266 g/mol. The molecule has 2 amide bonds. The summed E-state index contributed by atoms with van der Waals surface area (Å²) in [6, 6.07) is 1.62. The molecule has 1 aromatic rings. The number of amides is 2. The van der Waals surface area contributed by atoms with Crippen molar-refractivity contribution in [3.63, 3.8) is 0 Å². The van der Waals surface area contributed by atoms with E-state index >= 15 is 0 Å². The van der Waals surface area contributed by atoms with Crippen molar-refractivity contribution < 1.29 is 9.59 Å². The maximum Gasteiger partial charge on any atom is 0.246 e. The van der Waals surface area contributed by atoms with Crippen molar-refractivity contribution in [1.82, 2.24) is 10.2 Å². The molecule has 0 bridgehead atoms. The molecular formula is C13H18N2O2S. The lowest BCUT2D eigenvalue weighted by Crippen LogP contribution is -2.59. The molecule has 0 radical (unpaired) electrons. The van der Waals surface area contributed by atoms with Crippen molar-refractivity contribution in [2.24, 2.45) is 5.92 Å². The molecule has 5 heteroatoms. The first kappa shape index (κ1) is 13.1. The van der Waals surface area contributed by atoms with E-state index in [0.717, 1.165) is 12.0 Å². The Morgan fingerprint density at radius 1 is 1.56 bits per heavy atom. The summed E-state index contributed by atoms with van der Waals surface area (Å²) >= 11 is 1.60. The lowest BCUT2D eigenvalue weighted by atomic mass is 9.96. The number of rotatable bonds is 4. The van der Waals surface area contributed by atoms with Crippen LogP contribution in [0.5, 0.6) is 0 Å². The van der Waals surface area contributed by atoms with Crippen molar-refractivity contribution in [2.75, 3.05) is 6.54 Å². The number of nitrogens with one attached hydrogen (secondary N) is 1. The maximum absolute atomic E-state index is 12.3. The summed E-state index contributed by atoms with van der Waals surface area (Å²) in [4.78, 5) is 25.6. The third-order valence-electron chi connectivity index (χ3n) is 3.40. The highest BCUT2D eigenvalue weighted by atomic mass is 32.1. The molecule has 1 saturated heterocycles. The van der Waals surface area contributed by atoms with E-state index in [1.54, 1.807) is 16.2 Å². The molecule has 0 saturated carbocycles. The molecule has 1 N–H and O–H groups in total. The summed E-state index contributed by atoms with van der Waals surface area (Å²) in [5, 5.41) is 6.79. The second kappa shape index (κ2) is 5.52. The summed E-state index contributed by atoms with van der Waals surface area (Å²) in [6.07, 6.45) is 0.878. The number of thiophene rings is 1. The fourth-order valence-electron chi connectivity index (χ4n) is 2.09. The molecule has 1 aliphatic rings. The first-order valence-electron chi connectivity index (χ1n) is 6.21. The predicted molar refractivity (Wildman–Crippen MR) is 71.1 cm³/mol. The number of carbonyl (C=O) groups excluding carboxylic acids is 2. The van der Waals surface area contributed by atoms with Gasteiger partial charge in [-0.3, -0.25) is 9.59 Å². The van der Waals surface area contributed by atoms with Crippen LogP contribution < -0.4 is 5.32 Å². The van der Waals surface area contributed by atoms with Crippen LogP contribution in [0.2, 0.25) is 0 Å². The van der Waals surface area contributed by atoms with Gasteiger partial charge in [0.2, 0.25) is 11.8 Å². The van der Waals surface area contributed by atoms with Gasteiger partial charge < -0.3 is 10.2 Å². The molecule has 1 aromatic heterocycles. The quantitative estimate of drug-likeness (QED) is 0.900. The molecule has 2 unspecified atom stereocenters. The fraction of sp³-hybridized carbons (Fsp3) is 0.538. The first-order chi connectivity index (χ1) is 8.61. The summed E-state index contributed by atoms with van der Waals surface area (Å²) < 4.78 is 0. The predicted octanol–water partition coefficient (Wildman–Crippen LogP) is 1.62. The summed E-state index contributed by atoms with van der Waals surface area (Å²) in [5.41, 5.74) is 1.09. The van der Waals surface area contributed by atoms with Crippen molar-refractivity contribution in [2.45, 2.75) is 32.9 Å². The Kier molecular flexibility index (Phi) is 4.01. The Balaban J connectivity index is 2.10. The normalized spacial score (nSPS) is 21.9. The molecular weight excluding hydrogens is 248 g/mol. The highest BCUT2D eigenvalue weighted by Crippen LogP contribution is 2.17. The zero-order valence-corrected chi connectivity index (χ0v) is 11.5. The van der Waals surface area contributed by atoms with Crippen LogP contribution >= 0.6 is 11.3 Å². The van der Waals surface area contributed by atoms with Crippen LogP contribution in [0.15, 0.2) is 16.8 Å². The van der Waals surface area contributed by atoms with Crippen LogP contribution in [0, 0.1) is 5.92 Å². The molecule has 4 nitrogen and oxygen atoms in total. The number of hydrogen-bond donors (Lipinski definition) is 1. The highest BCUT2D eigenvalue weighted by molar-refractivity contribution is 7.07. The molecule has 2 rings (SSSR count). The Morgan fingerprint density at radius 2 is 2.33 bits per heavy atom. The van der Waals surface area contributed by atoms with Crippen LogP contribution in [0.3, 0.4) is 0 Å².